The molecular weight excluding hydrogens is 479 g/mol. The molecule has 29 heavy (non-hydrogen) atoms. The smallest absolute Gasteiger partial charge is 0.225 e. The van der Waals surface area contributed by atoms with E-state index in [-0.39, 0.29) is 24.0 Å². The number of nitrogens with one attached hydrogen (secondary N) is 1. The molecule has 2 saturated carbocycles. The van der Waals surface area contributed by atoms with Crippen molar-refractivity contribution in [2.75, 3.05) is 44.2 Å². The third-order valence-corrected chi connectivity index (χ3v) is 6.71. The lowest BCUT2D eigenvalue weighted by atomic mass is 9.60. The zero-order valence-corrected chi connectivity index (χ0v) is 20.0. The zero-order valence-electron chi connectivity index (χ0n) is 17.7. The fourth-order valence-corrected chi connectivity index (χ4v) is 5.20. The molecule has 1 aromatic rings. The Morgan fingerprint density at radius 3 is 2.48 bits per heavy atom. The molecule has 7 nitrogen and oxygen atoms in total. The molecular formula is C21H35IN6O. The second-order valence-corrected chi connectivity index (χ2v) is 8.14. The molecule has 1 aromatic heterocycles. The van der Waals surface area contributed by atoms with Crippen molar-refractivity contribution in [3.05, 3.63) is 18.5 Å². The molecule has 1 N–H and O–H groups in total. The van der Waals surface area contributed by atoms with E-state index in [1.807, 2.05) is 18.5 Å². The van der Waals surface area contributed by atoms with E-state index in [2.05, 4.69) is 38.9 Å². The molecule has 2 heterocycles. The number of halogens is 1. The molecule has 2 unspecified atom stereocenters. The standard InChI is InChI=1S/C21H34N6O.HI/c1-3-22-20(25-17-16-18(28-4-2)21(17)8-5-6-9-21)27-14-12-26(13-15-27)19-23-10-7-11-24-19;/h7,10-11,17-18H,3-6,8-9,12-16H2,1-2H3,(H,22,25);1H. The van der Waals surface area contributed by atoms with Gasteiger partial charge >= 0.3 is 0 Å². The number of aliphatic imine (C=N–C) groups is 1. The molecule has 3 fully saturated rings. The largest absolute Gasteiger partial charge is 0.378 e. The van der Waals surface area contributed by atoms with Gasteiger partial charge in [-0.2, -0.15) is 0 Å². The van der Waals surface area contributed by atoms with Gasteiger partial charge in [-0.05, 0) is 39.2 Å². The number of rotatable bonds is 5. The van der Waals surface area contributed by atoms with Gasteiger partial charge in [0.05, 0.1) is 6.10 Å². The van der Waals surface area contributed by atoms with Crippen LogP contribution in [0.4, 0.5) is 5.95 Å². The van der Waals surface area contributed by atoms with E-state index >= 15 is 0 Å². The zero-order chi connectivity index (χ0) is 19.4. The fourth-order valence-electron chi connectivity index (χ4n) is 5.20. The summed E-state index contributed by atoms with van der Waals surface area (Å²) in [6, 6.07) is 2.36. The highest BCUT2D eigenvalue weighted by Crippen LogP contribution is 2.54. The molecule has 2 aliphatic carbocycles. The molecule has 0 amide bonds. The SMILES string of the molecule is CCN=C(NC1CC(OCC)C12CCCC2)N1CCN(c2ncccn2)CC1.I. The molecule has 0 radical (unpaired) electrons. The first-order valence-electron chi connectivity index (χ1n) is 11.0. The van der Waals surface area contributed by atoms with E-state index in [1.54, 1.807) is 0 Å². The van der Waals surface area contributed by atoms with Crippen LogP contribution in [0.15, 0.2) is 23.5 Å². The normalized spacial score (nSPS) is 26.2. The first-order chi connectivity index (χ1) is 13.8. The number of nitrogens with zero attached hydrogens (tertiary/aromatic N) is 5. The molecule has 1 spiro atoms. The van der Waals surface area contributed by atoms with Gasteiger partial charge in [-0.3, -0.25) is 4.99 Å². The van der Waals surface area contributed by atoms with E-state index in [0.29, 0.717) is 17.6 Å². The number of hydrogen-bond donors (Lipinski definition) is 1. The van der Waals surface area contributed by atoms with Crippen molar-refractivity contribution in [1.82, 2.24) is 20.2 Å². The van der Waals surface area contributed by atoms with Crippen LogP contribution in [0, 0.1) is 5.41 Å². The third kappa shape index (κ3) is 4.62. The summed E-state index contributed by atoms with van der Waals surface area (Å²) in [5, 5.41) is 3.85. The molecule has 0 bridgehead atoms. The Kier molecular flexibility index (Phi) is 7.95. The maximum atomic E-state index is 6.08. The van der Waals surface area contributed by atoms with Crippen LogP contribution in [-0.2, 0) is 4.74 Å². The van der Waals surface area contributed by atoms with Crippen molar-refractivity contribution >= 4 is 35.9 Å². The van der Waals surface area contributed by atoms with Gasteiger partial charge in [-0.25, -0.2) is 9.97 Å². The van der Waals surface area contributed by atoms with Crippen LogP contribution in [-0.4, -0.2) is 72.3 Å². The maximum absolute atomic E-state index is 6.08. The van der Waals surface area contributed by atoms with Crippen LogP contribution in [0.1, 0.15) is 46.0 Å². The molecule has 0 aromatic carbocycles. The molecule has 3 aliphatic rings. The number of ether oxygens (including phenoxy) is 1. The summed E-state index contributed by atoms with van der Waals surface area (Å²) in [5.74, 6) is 1.90. The quantitative estimate of drug-likeness (QED) is 0.371. The van der Waals surface area contributed by atoms with Crippen molar-refractivity contribution in [3.8, 4) is 0 Å². The Balaban J connectivity index is 0.00000240. The summed E-state index contributed by atoms with van der Waals surface area (Å²) < 4.78 is 6.08. The van der Waals surface area contributed by atoms with Gasteiger partial charge in [-0.1, -0.05) is 12.8 Å². The van der Waals surface area contributed by atoms with E-state index in [4.69, 9.17) is 9.73 Å². The van der Waals surface area contributed by atoms with Crippen LogP contribution in [0.5, 0.6) is 0 Å². The Morgan fingerprint density at radius 2 is 1.86 bits per heavy atom. The number of aromatic nitrogens is 2. The van der Waals surface area contributed by atoms with Crippen LogP contribution in [0.2, 0.25) is 0 Å². The maximum Gasteiger partial charge on any atom is 0.225 e. The summed E-state index contributed by atoms with van der Waals surface area (Å²) in [6.07, 6.45) is 10.4. The van der Waals surface area contributed by atoms with Crippen LogP contribution in [0.25, 0.3) is 0 Å². The third-order valence-electron chi connectivity index (χ3n) is 6.71. The average Bonchev–Trinajstić information content (AvgIpc) is 3.26. The first kappa shape index (κ1) is 22.5. The number of hydrogen-bond acceptors (Lipinski definition) is 5. The van der Waals surface area contributed by atoms with Crippen molar-refractivity contribution in [1.29, 1.82) is 0 Å². The molecule has 8 heteroatoms. The second-order valence-electron chi connectivity index (χ2n) is 8.14. The Morgan fingerprint density at radius 1 is 1.17 bits per heavy atom. The Hall–Kier alpha value is -1.16. The van der Waals surface area contributed by atoms with Gasteiger partial charge in [-0.15, -0.1) is 24.0 Å². The monoisotopic (exact) mass is 514 g/mol. The van der Waals surface area contributed by atoms with E-state index < -0.39 is 0 Å². The van der Waals surface area contributed by atoms with Gasteiger partial charge in [0.15, 0.2) is 5.96 Å². The van der Waals surface area contributed by atoms with E-state index in [1.165, 1.54) is 25.7 Å². The highest BCUT2D eigenvalue weighted by molar-refractivity contribution is 14.0. The van der Waals surface area contributed by atoms with Crippen molar-refractivity contribution in [2.24, 2.45) is 10.4 Å². The molecule has 2 atom stereocenters. The minimum absolute atomic E-state index is 0. The van der Waals surface area contributed by atoms with Gasteiger partial charge in [0.1, 0.15) is 0 Å². The van der Waals surface area contributed by atoms with Crippen LogP contribution < -0.4 is 10.2 Å². The molecule has 162 valence electrons. The molecule has 1 saturated heterocycles. The van der Waals surface area contributed by atoms with Crippen molar-refractivity contribution in [3.63, 3.8) is 0 Å². The topological polar surface area (TPSA) is 65.9 Å². The van der Waals surface area contributed by atoms with Gasteiger partial charge in [0.25, 0.3) is 0 Å². The fraction of sp³-hybridized carbons (Fsp3) is 0.762. The summed E-state index contributed by atoms with van der Waals surface area (Å²) in [6.45, 7) is 9.58. The van der Waals surface area contributed by atoms with Crippen LogP contribution >= 0.6 is 24.0 Å². The molecule has 4 rings (SSSR count). The lowest BCUT2D eigenvalue weighted by Crippen LogP contribution is -2.66. The number of anilines is 1. The highest BCUT2D eigenvalue weighted by Gasteiger charge is 2.57. The lowest BCUT2D eigenvalue weighted by Gasteiger charge is -2.55. The Labute approximate surface area is 191 Å². The van der Waals surface area contributed by atoms with Crippen molar-refractivity contribution in [2.45, 2.75) is 58.1 Å². The summed E-state index contributed by atoms with van der Waals surface area (Å²) in [7, 11) is 0. The second kappa shape index (κ2) is 10.2. The molecule has 1 aliphatic heterocycles. The summed E-state index contributed by atoms with van der Waals surface area (Å²) in [5.41, 5.74) is 0.324. The lowest BCUT2D eigenvalue weighted by molar-refractivity contribution is -0.126. The predicted octanol–water partition coefficient (Wildman–Crippen LogP) is 2.92. The minimum atomic E-state index is 0. The number of guanidine groups is 1. The van der Waals surface area contributed by atoms with E-state index in [0.717, 1.165) is 57.7 Å². The van der Waals surface area contributed by atoms with Gasteiger partial charge in [0, 0.05) is 63.2 Å². The van der Waals surface area contributed by atoms with E-state index in [9.17, 15) is 0 Å². The summed E-state index contributed by atoms with van der Waals surface area (Å²) >= 11 is 0. The average molecular weight is 514 g/mol. The van der Waals surface area contributed by atoms with Crippen LogP contribution in [0.3, 0.4) is 0 Å². The minimum Gasteiger partial charge on any atom is -0.378 e. The highest BCUT2D eigenvalue weighted by atomic mass is 127. The van der Waals surface area contributed by atoms with Crippen molar-refractivity contribution < 1.29 is 4.74 Å². The first-order valence-corrected chi connectivity index (χ1v) is 11.0. The van der Waals surface area contributed by atoms with Gasteiger partial charge in [0.2, 0.25) is 5.95 Å². The predicted molar refractivity (Wildman–Crippen MR) is 127 cm³/mol. The summed E-state index contributed by atoms with van der Waals surface area (Å²) in [4.78, 5) is 18.3. The number of piperazine rings is 1. The van der Waals surface area contributed by atoms with Gasteiger partial charge < -0.3 is 19.9 Å². The Bertz CT molecular complexity index is 658.